The molecule has 3 nitrogen and oxygen atoms in total. The minimum Gasteiger partial charge on any atom is -0.329 e. The highest BCUT2D eigenvalue weighted by Crippen LogP contribution is 2.26. The molecule has 0 aliphatic heterocycles. The summed E-state index contributed by atoms with van der Waals surface area (Å²) in [6.07, 6.45) is 3.58. The zero-order valence-electron chi connectivity index (χ0n) is 11.3. The Morgan fingerprint density at radius 2 is 1.75 bits per heavy atom. The minimum atomic E-state index is 0.0689. The van der Waals surface area contributed by atoms with E-state index in [2.05, 4.69) is 9.88 Å². The van der Waals surface area contributed by atoms with Gasteiger partial charge in [0.05, 0.1) is 0 Å². The van der Waals surface area contributed by atoms with E-state index >= 15 is 0 Å². The molecular formula is C15H17Cl2N3. The molecule has 0 saturated heterocycles. The molecule has 0 fully saturated rings. The van der Waals surface area contributed by atoms with E-state index in [0.717, 1.165) is 12.1 Å². The van der Waals surface area contributed by atoms with Crippen LogP contribution in [0.4, 0.5) is 0 Å². The molecule has 1 heterocycles. The quantitative estimate of drug-likeness (QED) is 0.919. The highest BCUT2D eigenvalue weighted by Gasteiger charge is 2.16. The normalized spacial score (nSPS) is 12.7. The molecule has 1 unspecified atom stereocenters. The number of pyridine rings is 1. The fourth-order valence-corrected chi connectivity index (χ4v) is 2.77. The van der Waals surface area contributed by atoms with Crippen molar-refractivity contribution in [3.63, 3.8) is 0 Å². The molecule has 0 bridgehead atoms. The van der Waals surface area contributed by atoms with Gasteiger partial charge in [0.2, 0.25) is 0 Å². The third-order valence-electron chi connectivity index (χ3n) is 3.21. The average Bonchev–Trinajstić information content (AvgIpc) is 2.39. The molecule has 1 aromatic carbocycles. The Labute approximate surface area is 129 Å². The molecule has 2 rings (SSSR count). The van der Waals surface area contributed by atoms with Crippen molar-refractivity contribution in [2.75, 3.05) is 13.6 Å². The molecule has 0 aliphatic rings. The Morgan fingerprint density at radius 1 is 1.15 bits per heavy atom. The van der Waals surface area contributed by atoms with Crippen molar-refractivity contribution >= 4 is 23.2 Å². The van der Waals surface area contributed by atoms with Crippen molar-refractivity contribution in [2.45, 2.75) is 12.6 Å². The van der Waals surface area contributed by atoms with Gasteiger partial charge in [0.1, 0.15) is 0 Å². The summed E-state index contributed by atoms with van der Waals surface area (Å²) in [7, 11) is 2.03. The van der Waals surface area contributed by atoms with Crippen LogP contribution in [0.5, 0.6) is 0 Å². The van der Waals surface area contributed by atoms with Crippen molar-refractivity contribution in [1.82, 2.24) is 9.88 Å². The summed E-state index contributed by atoms with van der Waals surface area (Å²) in [5, 5.41) is 1.26. The maximum absolute atomic E-state index is 6.06. The Morgan fingerprint density at radius 3 is 2.30 bits per heavy atom. The second-order valence-corrected chi connectivity index (χ2v) is 5.60. The van der Waals surface area contributed by atoms with Gasteiger partial charge in [-0.2, -0.15) is 0 Å². The lowest BCUT2D eigenvalue weighted by Crippen LogP contribution is -2.30. The summed E-state index contributed by atoms with van der Waals surface area (Å²) in [6.45, 7) is 1.28. The number of aromatic nitrogens is 1. The third-order valence-corrected chi connectivity index (χ3v) is 3.64. The van der Waals surface area contributed by atoms with Crippen molar-refractivity contribution in [3.05, 3.63) is 63.9 Å². The number of benzene rings is 1. The topological polar surface area (TPSA) is 42.2 Å². The second-order valence-electron chi connectivity index (χ2n) is 4.72. The van der Waals surface area contributed by atoms with E-state index in [1.54, 1.807) is 18.5 Å². The van der Waals surface area contributed by atoms with Crippen LogP contribution in [0.25, 0.3) is 0 Å². The predicted molar refractivity (Wildman–Crippen MR) is 84.0 cm³/mol. The van der Waals surface area contributed by atoms with E-state index in [9.17, 15) is 0 Å². The van der Waals surface area contributed by atoms with Gasteiger partial charge < -0.3 is 5.73 Å². The summed E-state index contributed by atoms with van der Waals surface area (Å²) in [6, 6.07) is 9.61. The first-order valence-electron chi connectivity index (χ1n) is 6.35. The minimum absolute atomic E-state index is 0.0689. The average molecular weight is 310 g/mol. The van der Waals surface area contributed by atoms with Crippen LogP contribution in [0.15, 0.2) is 42.7 Å². The second kappa shape index (κ2) is 7.04. The van der Waals surface area contributed by atoms with Gasteiger partial charge in [0, 0.05) is 41.6 Å². The standard InChI is InChI=1S/C15H17Cl2N3/c1-20(10-11-2-4-19-5-3-11)15(9-18)12-6-13(16)8-14(17)7-12/h2-8,15H,9-10,18H2,1H3. The molecule has 2 N–H and O–H groups in total. The third kappa shape index (κ3) is 3.93. The van der Waals surface area contributed by atoms with Crippen LogP contribution < -0.4 is 5.73 Å². The van der Waals surface area contributed by atoms with Gasteiger partial charge in [-0.15, -0.1) is 0 Å². The van der Waals surface area contributed by atoms with E-state index in [1.165, 1.54) is 5.56 Å². The molecule has 0 aliphatic carbocycles. The summed E-state index contributed by atoms with van der Waals surface area (Å²) in [5.41, 5.74) is 8.14. The molecule has 1 aromatic heterocycles. The molecule has 2 aromatic rings. The van der Waals surface area contributed by atoms with E-state index in [1.807, 2.05) is 31.3 Å². The van der Waals surface area contributed by atoms with Crippen molar-refractivity contribution in [2.24, 2.45) is 5.73 Å². The lowest BCUT2D eigenvalue weighted by atomic mass is 10.1. The van der Waals surface area contributed by atoms with Crippen LogP contribution in [-0.4, -0.2) is 23.5 Å². The van der Waals surface area contributed by atoms with Crippen molar-refractivity contribution < 1.29 is 0 Å². The summed E-state index contributed by atoms with van der Waals surface area (Å²) >= 11 is 12.1. The van der Waals surface area contributed by atoms with Crippen molar-refractivity contribution in [3.8, 4) is 0 Å². The number of nitrogens with zero attached hydrogens (tertiary/aromatic N) is 2. The van der Waals surface area contributed by atoms with Gasteiger partial charge in [0.25, 0.3) is 0 Å². The SMILES string of the molecule is CN(Cc1ccncc1)C(CN)c1cc(Cl)cc(Cl)c1. The Hall–Kier alpha value is -1.13. The van der Waals surface area contributed by atoms with E-state index in [4.69, 9.17) is 28.9 Å². The van der Waals surface area contributed by atoms with Gasteiger partial charge in [-0.1, -0.05) is 23.2 Å². The molecular weight excluding hydrogens is 293 g/mol. The fraction of sp³-hybridized carbons (Fsp3) is 0.267. The Balaban J connectivity index is 2.18. The zero-order valence-corrected chi connectivity index (χ0v) is 12.8. The predicted octanol–water partition coefficient (Wildman–Crippen LogP) is 3.52. The van der Waals surface area contributed by atoms with Gasteiger partial charge in [-0.3, -0.25) is 9.88 Å². The van der Waals surface area contributed by atoms with Gasteiger partial charge in [0.15, 0.2) is 0 Å². The number of halogens is 2. The van der Waals surface area contributed by atoms with Gasteiger partial charge in [-0.05, 0) is 48.5 Å². The number of rotatable bonds is 5. The molecule has 20 heavy (non-hydrogen) atoms. The molecule has 0 saturated carbocycles. The van der Waals surface area contributed by atoms with Crippen LogP contribution in [-0.2, 0) is 6.54 Å². The highest BCUT2D eigenvalue weighted by atomic mass is 35.5. The van der Waals surface area contributed by atoms with E-state index < -0.39 is 0 Å². The lowest BCUT2D eigenvalue weighted by molar-refractivity contribution is 0.242. The van der Waals surface area contributed by atoms with E-state index in [-0.39, 0.29) is 6.04 Å². The fourth-order valence-electron chi connectivity index (χ4n) is 2.22. The Kier molecular flexibility index (Phi) is 5.38. The van der Waals surface area contributed by atoms with Crippen LogP contribution in [0.2, 0.25) is 10.0 Å². The van der Waals surface area contributed by atoms with Crippen molar-refractivity contribution in [1.29, 1.82) is 0 Å². The highest BCUT2D eigenvalue weighted by molar-refractivity contribution is 6.34. The van der Waals surface area contributed by atoms with Crippen LogP contribution in [0, 0.1) is 0 Å². The molecule has 1 atom stereocenters. The monoisotopic (exact) mass is 309 g/mol. The first kappa shape index (κ1) is 15.3. The first-order valence-corrected chi connectivity index (χ1v) is 7.11. The molecule has 0 spiro atoms. The zero-order chi connectivity index (χ0) is 14.5. The van der Waals surface area contributed by atoms with Crippen LogP contribution in [0.3, 0.4) is 0 Å². The molecule has 0 radical (unpaired) electrons. The summed E-state index contributed by atoms with van der Waals surface area (Å²) in [4.78, 5) is 6.20. The number of nitrogens with two attached hydrogens (primary N) is 1. The lowest BCUT2D eigenvalue weighted by Gasteiger charge is -2.27. The molecule has 5 heteroatoms. The number of hydrogen-bond acceptors (Lipinski definition) is 3. The number of likely N-dealkylation sites (N-methyl/N-ethyl adjacent to an activating group) is 1. The Bertz CT molecular complexity index is 540. The summed E-state index contributed by atoms with van der Waals surface area (Å²) < 4.78 is 0. The number of hydrogen-bond donors (Lipinski definition) is 1. The maximum Gasteiger partial charge on any atom is 0.0472 e. The van der Waals surface area contributed by atoms with Gasteiger partial charge >= 0.3 is 0 Å². The maximum atomic E-state index is 6.06. The molecule has 0 amide bonds. The van der Waals surface area contributed by atoms with E-state index in [0.29, 0.717) is 16.6 Å². The summed E-state index contributed by atoms with van der Waals surface area (Å²) in [5.74, 6) is 0. The van der Waals surface area contributed by atoms with Crippen LogP contribution >= 0.6 is 23.2 Å². The van der Waals surface area contributed by atoms with Gasteiger partial charge in [-0.25, -0.2) is 0 Å². The molecule has 106 valence electrons. The largest absolute Gasteiger partial charge is 0.329 e. The smallest absolute Gasteiger partial charge is 0.0472 e. The first-order chi connectivity index (χ1) is 9.60. The van der Waals surface area contributed by atoms with Crippen LogP contribution in [0.1, 0.15) is 17.2 Å².